The topological polar surface area (TPSA) is 70.7 Å². The van der Waals surface area contributed by atoms with E-state index in [1.807, 2.05) is 13.8 Å². The lowest BCUT2D eigenvalue weighted by Gasteiger charge is -2.03. The molecule has 0 aliphatic rings. The fourth-order valence-corrected chi connectivity index (χ4v) is 2.22. The highest BCUT2D eigenvalue weighted by Gasteiger charge is 2.07. The van der Waals surface area contributed by atoms with Gasteiger partial charge in [-0.15, -0.1) is 0 Å². The van der Waals surface area contributed by atoms with E-state index in [1.54, 1.807) is 12.1 Å². The molecule has 0 bridgehead atoms. The molecule has 100 valence electrons. The van der Waals surface area contributed by atoms with Crippen molar-refractivity contribution < 1.29 is 4.79 Å². The van der Waals surface area contributed by atoms with Gasteiger partial charge in [-0.25, -0.2) is 9.97 Å². The van der Waals surface area contributed by atoms with Gasteiger partial charge >= 0.3 is 0 Å². The van der Waals surface area contributed by atoms with E-state index in [-0.39, 0.29) is 11.7 Å². The molecular weight excluding hydrogens is 284 g/mol. The average Bonchev–Trinajstić information content (AvgIpc) is 2.69. The molecule has 0 radical (unpaired) electrons. The Kier molecular flexibility index (Phi) is 4.44. The SMILES string of the molecule is Cc1nc(SCC(=O)Nc2ccc(Cl)cn2)[nH]c1C. The molecule has 0 saturated heterocycles. The highest BCUT2D eigenvalue weighted by molar-refractivity contribution is 7.99. The van der Waals surface area contributed by atoms with Crippen molar-refractivity contribution in [3.63, 3.8) is 0 Å². The van der Waals surface area contributed by atoms with E-state index in [2.05, 4.69) is 20.3 Å². The number of rotatable bonds is 4. The molecule has 0 unspecified atom stereocenters. The van der Waals surface area contributed by atoms with Crippen molar-refractivity contribution in [3.8, 4) is 0 Å². The molecule has 0 saturated carbocycles. The van der Waals surface area contributed by atoms with E-state index in [1.165, 1.54) is 18.0 Å². The quantitative estimate of drug-likeness (QED) is 0.851. The van der Waals surface area contributed by atoms with Gasteiger partial charge in [0.25, 0.3) is 0 Å². The summed E-state index contributed by atoms with van der Waals surface area (Å²) >= 11 is 7.07. The van der Waals surface area contributed by atoms with Gasteiger partial charge in [-0.3, -0.25) is 4.79 Å². The van der Waals surface area contributed by atoms with Crippen LogP contribution in [0.4, 0.5) is 5.82 Å². The van der Waals surface area contributed by atoms with Crippen molar-refractivity contribution in [2.75, 3.05) is 11.1 Å². The molecule has 0 aliphatic heterocycles. The molecule has 2 heterocycles. The van der Waals surface area contributed by atoms with Crippen molar-refractivity contribution in [3.05, 3.63) is 34.7 Å². The van der Waals surface area contributed by atoms with Crippen LogP contribution in [0.2, 0.25) is 5.02 Å². The van der Waals surface area contributed by atoms with Crippen LogP contribution in [0.3, 0.4) is 0 Å². The lowest BCUT2D eigenvalue weighted by molar-refractivity contribution is -0.113. The van der Waals surface area contributed by atoms with Crippen LogP contribution < -0.4 is 5.32 Å². The second kappa shape index (κ2) is 6.08. The minimum Gasteiger partial charge on any atom is -0.337 e. The summed E-state index contributed by atoms with van der Waals surface area (Å²) in [6, 6.07) is 3.34. The molecule has 19 heavy (non-hydrogen) atoms. The van der Waals surface area contributed by atoms with Crippen molar-refractivity contribution >= 4 is 35.1 Å². The minimum atomic E-state index is -0.133. The highest BCUT2D eigenvalue weighted by atomic mass is 35.5. The van der Waals surface area contributed by atoms with E-state index in [9.17, 15) is 4.79 Å². The number of anilines is 1. The molecule has 0 aromatic carbocycles. The lowest BCUT2D eigenvalue weighted by Crippen LogP contribution is -2.14. The maximum Gasteiger partial charge on any atom is 0.236 e. The molecule has 2 aromatic rings. The van der Waals surface area contributed by atoms with Gasteiger partial charge in [0, 0.05) is 11.9 Å². The zero-order chi connectivity index (χ0) is 13.8. The first-order valence-corrected chi connectivity index (χ1v) is 6.98. The molecular formula is C12H13ClN4OS. The van der Waals surface area contributed by atoms with E-state index in [0.717, 1.165) is 16.5 Å². The molecule has 7 heteroatoms. The number of carbonyl (C=O) groups excluding carboxylic acids is 1. The Bertz CT molecular complexity index is 562. The first-order valence-electron chi connectivity index (χ1n) is 5.62. The summed E-state index contributed by atoms with van der Waals surface area (Å²) in [5, 5.41) is 3.97. The maximum atomic E-state index is 11.7. The minimum absolute atomic E-state index is 0.133. The zero-order valence-corrected chi connectivity index (χ0v) is 12.1. The molecule has 2 N–H and O–H groups in total. The number of nitrogens with zero attached hydrogens (tertiary/aromatic N) is 2. The molecule has 0 fully saturated rings. The highest BCUT2D eigenvalue weighted by Crippen LogP contribution is 2.16. The summed E-state index contributed by atoms with van der Waals surface area (Å²) in [5.74, 6) is 0.629. The van der Waals surface area contributed by atoms with Gasteiger partial charge in [0.1, 0.15) is 5.82 Å². The number of pyridine rings is 1. The number of nitrogens with one attached hydrogen (secondary N) is 2. The molecule has 0 aliphatic carbocycles. The predicted molar refractivity (Wildman–Crippen MR) is 76.7 cm³/mol. The number of H-pyrrole nitrogens is 1. The Morgan fingerprint density at radius 1 is 1.47 bits per heavy atom. The Labute approximate surface area is 120 Å². The van der Waals surface area contributed by atoms with E-state index < -0.39 is 0 Å². The molecule has 5 nitrogen and oxygen atoms in total. The number of thioether (sulfide) groups is 1. The van der Waals surface area contributed by atoms with E-state index in [0.29, 0.717) is 10.8 Å². The zero-order valence-electron chi connectivity index (χ0n) is 10.5. The van der Waals surface area contributed by atoms with Crippen LogP contribution in [0.25, 0.3) is 0 Å². The molecule has 0 atom stereocenters. The fraction of sp³-hybridized carbons (Fsp3) is 0.250. The van der Waals surface area contributed by atoms with Crippen LogP contribution in [0.15, 0.2) is 23.5 Å². The van der Waals surface area contributed by atoms with Crippen molar-refractivity contribution in [1.29, 1.82) is 0 Å². The first-order chi connectivity index (χ1) is 9.04. The van der Waals surface area contributed by atoms with E-state index in [4.69, 9.17) is 11.6 Å². The summed E-state index contributed by atoms with van der Waals surface area (Å²) in [7, 11) is 0. The molecule has 2 aromatic heterocycles. The van der Waals surface area contributed by atoms with E-state index >= 15 is 0 Å². The van der Waals surface area contributed by atoms with Crippen LogP contribution in [-0.2, 0) is 4.79 Å². The number of aromatic amines is 1. The van der Waals surface area contributed by atoms with Gasteiger partial charge in [0.05, 0.1) is 16.5 Å². The van der Waals surface area contributed by atoms with Gasteiger partial charge in [0.2, 0.25) is 5.91 Å². The second-order valence-corrected chi connectivity index (χ2v) is 5.35. The maximum absolute atomic E-state index is 11.7. The second-order valence-electron chi connectivity index (χ2n) is 3.95. The van der Waals surface area contributed by atoms with Crippen LogP contribution >= 0.6 is 23.4 Å². The monoisotopic (exact) mass is 296 g/mol. The Balaban J connectivity index is 1.86. The lowest BCUT2D eigenvalue weighted by atomic mass is 10.4. The van der Waals surface area contributed by atoms with Crippen molar-refractivity contribution in [2.45, 2.75) is 19.0 Å². The first kappa shape index (κ1) is 13.9. The molecule has 2 rings (SSSR count). The summed E-state index contributed by atoms with van der Waals surface area (Å²) < 4.78 is 0. The van der Waals surface area contributed by atoms with Gasteiger partial charge in [-0.2, -0.15) is 0 Å². The number of amides is 1. The number of halogens is 1. The van der Waals surface area contributed by atoms with Crippen LogP contribution in [0, 0.1) is 13.8 Å². The van der Waals surface area contributed by atoms with Crippen molar-refractivity contribution in [1.82, 2.24) is 15.0 Å². The largest absolute Gasteiger partial charge is 0.337 e. The summed E-state index contributed by atoms with van der Waals surface area (Å²) in [6.45, 7) is 3.87. The summed E-state index contributed by atoms with van der Waals surface area (Å²) in [5.41, 5.74) is 1.96. The smallest absolute Gasteiger partial charge is 0.236 e. The average molecular weight is 297 g/mol. The van der Waals surface area contributed by atoms with Gasteiger partial charge in [-0.1, -0.05) is 23.4 Å². The van der Waals surface area contributed by atoms with Crippen LogP contribution in [0.1, 0.15) is 11.4 Å². The normalized spacial score (nSPS) is 10.5. The molecule has 1 amide bonds. The third kappa shape index (κ3) is 3.97. The number of hydrogen-bond acceptors (Lipinski definition) is 4. The van der Waals surface area contributed by atoms with Crippen molar-refractivity contribution in [2.24, 2.45) is 0 Å². The number of carbonyl (C=O) groups is 1. The number of aromatic nitrogens is 3. The van der Waals surface area contributed by atoms with Gasteiger partial charge < -0.3 is 10.3 Å². The summed E-state index contributed by atoms with van der Waals surface area (Å²) in [6.07, 6.45) is 1.49. The summed E-state index contributed by atoms with van der Waals surface area (Å²) in [4.78, 5) is 23.1. The van der Waals surface area contributed by atoms with Crippen LogP contribution in [-0.4, -0.2) is 26.6 Å². The standard InChI is InChI=1S/C12H13ClN4OS/c1-7-8(2)16-12(15-7)19-6-11(18)17-10-4-3-9(13)5-14-10/h3-5H,6H2,1-2H3,(H,15,16)(H,14,17,18). The van der Waals surface area contributed by atoms with Crippen LogP contribution in [0.5, 0.6) is 0 Å². The van der Waals surface area contributed by atoms with Gasteiger partial charge in [-0.05, 0) is 26.0 Å². The number of aryl methyl sites for hydroxylation is 2. The Morgan fingerprint density at radius 3 is 2.84 bits per heavy atom. The third-order valence-electron chi connectivity index (χ3n) is 2.44. The molecule has 0 spiro atoms. The predicted octanol–water partition coefficient (Wildman–Crippen LogP) is 2.81. The fourth-order valence-electron chi connectivity index (χ4n) is 1.35. The number of hydrogen-bond donors (Lipinski definition) is 2. The Hall–Kier alpha value is -1.53. The number of imidazole rings is 1. The Morgan fingerprint density at radius 2 is 2.26 bits per heavy atom. The van der Waals surface area contributed by atoms with Gasteiger partial charge in [0.15, 0.2) is 5.16 Å². The third-order valence-corrected chi connectivity index (χ3v) is 3.54.